The molecule has 9 heteroatoms. The molecule has 0 bridgehead atoms. The van der Waals surface area contributed by atoms with Gasteiger partial charge in [-0.1, -0.05) is 19.4 Å². The van der Waals surface area contributed by atoms with Gasteiger partial charge >= 0.3 is 6.09 Å². The van der Waals surface area contributed by atoms with Crippen molar-refractivity contribution in [3.63, 3.8) is 0 Å². The van der Waals surface area contributed by atoms with E-state index in [0.29, 0.717) is 11.6 Å². The fourth-order valence-corrected chi connectivity index (χ4v) is 3.99. The minimum Gasteiger partial charge on any atom is -0.444 e. The Morgan fingerprint density at radius 3 is 2.81 bits per heavy atom. The minimum absolute atomic E-state index is 0.165. The van der Waals surface area contributed by atoms with Gasteiger partial charge in [0.15, 0.2) is 0 Å². The lowest BCUT2D eigenvalue weighted by Crippen LogP contribution is -2.15. The quantitative estimate of drug-likeness (QED) is 0.399. The van der Waals surface area contributed by atoms with Crippen molar-refractivity contribution in [2.75, 3.05) is 5.32 Å². The molecule has 0 saturated heterocycles. The lowest BCUT2D eigenvalue weighted by atomic mass is 10.2. The first-order valence-electron chi connectivity index (χ1n) is 10.4. The van der Waals surface area contributed by atoms with Crippen LogP contribution in [0.15, 0.2) is 54.4 Å². The first kappa shape index (κ1) is 21.6. The van der Waals surface area contributed by atoms with Crippen LogP contribution in [0.4, 0.5) is 10.5 Å². The molecular weight excluding hydrogens is 424 g/mol. The number of amides is 1. The lowest BCUT2D eigenvalue weighted by Gasteiger charge is -2.11. The van der Waals surface area contributed by atoms with E-state index in [9.17, 15) is 4.79 Å². The Balaban J connectivity index is 1.57. The second-order valence-electron chi connectivity index (χ2n) is 7.26. The van der Waals surface area contributed by atoms with Crippen LogP contribution < -0.4 is 5.32 Å². The van der Waals surface area contributed by atoms with E-state index in [0.717, 1.165) is 46.7 Å². The van der Waals surface area contributed by atoms with Crippen molar-refractivity contribution in [1.82, 2.24) is 24.7 Å². The summed E-state index contributed by atoms with van der Waals surface area (Å²) in [6, 6.07) is 7.65. The van der Waals surface area contributed by atoms with Crippen molar-refractivity contribution in [2.45, 2.75) is 39.7 Å². The number of ether oxygens (including phenoxy) is 1. The largest absolute Gasteiger partial charge is 0.444 e. The Labute approximate surface area is 190 Å². The highest BCUT2D eigenvalue weighted by atomic mass is 32.1. The molecule has 0 unspecified atom stereocenters. The van der Waals surface area contributed by atoms with Crippen LogP contribution in [0, 0.1) is 6.92 Å². The molecule has 0 fully saturated rings. The average molecular weight is 449 g/mol. The minimum atomic E-state index is -0.539. The Morgan fingerprint density at radius 2 is 2.06 bits per heavy atom. The van der Waals surface area contributed by atoms with E-state index in [-0.39, 0.29) is 6.61 Å². The summed E-state index contributed by atoms with van der Waals surface area (Å²) in [5.74, 6) is 0.475. The van der Waals surface area contributed by atoms with Crippen LogP contribution in [0.5, 0.6) is 0 Å². The van der Waals surface area contributed by atoms with Crippen molar-refractivity contribution in [2.24, 2.45) is 0 Å². The molecule has 32 heavy (non-hydrogen) atoms. The third-order valence-electron chi connectivity index (χ3n) is 4.90. The van der Waals surface area contributed by atoms with Crippen LogP contribution in [0.2, 0.25) is 0 Å². The zero-order chi connectivity index (χ0) is 22.3. The first-order chi connectivity index (χ1) is 15.7. The number of pyridine rings is 1. The summed E-state index contributed by atoms with van der Waals surface area (Å²) in [4.78, 5) is 26.7. The van der Waals surface area contributed by atoms with E-state index >= 15 is 0 Å². The molecule has 0 radical (unpaired) electrons. The molecule has 0 aromatic carbocycles. The average Bonchev–Trinajstić information content (AvgIpc) is 3.48. The van der Waals surface area contributed by atoms with E-state index in [1.807, 2.05) is 24.4 Å². The molecule has 1 N–H and O–H groups in total. The summed E-state index contributed by atoms with van der Waals surface area (Å²) in [5, 5.41) is 9.32. The van der Waals surface area contributed by atoms with Gasteiger partial charge in [-0.25, -0.2) is 19.4 Å². The third kappa shape index (κ3) is 5.00. The summed E-state index contributed by atoms with van der Waals surface area (Å²) >= 11 is 1.63. The molecule has 4 aromatic rings. The molecule has 1 amide bonds. The fourth-order valence-electron chi connectivity index (χ4n) is 3.21. The zero-order valence-electron chi connectivity index (χ0n) is 18.0. The maximum atomic E-state index is 12.4. The van der Waals surface area contributed by atoms with E-state index in [4.69, 9.17) is 9.72 Å². The van der Waals surface area contributed by atoms with Crippen LogP contribution in [-0.4, -0.2) is 30.8 Å². The number of hydrogen-bond donors (Lipinski definition) is 1. The Morgan fingerprint density at radius 1 is 1.22 bits per heavy atom. The highest BCUT2D eigenvalue weighted by Gasteiger charge is 2.18. The molecule has 0 spiro atoms. The van der Waals surface area contributed by atoms with Gasteiger partial charge in [0.2, 0.25) is 0 Å². The standard InChI is InChI=1S/C23H24N6O2S/c1-3-4-6-19-18(27-23(30)31-15-17-8-10-24-11-9-17)14-26-29(19)22-25-13-16(2)21(28-22)20-7-5-12-32-20/h5,7-14H,3-4,6,15H2,1-2H3,(H,27,30). The van der Waals surface area contributed by atoms with Crippen molar-refractivity contribution in [3.05, 3.63) is 71.3 Å². The van der Waals surface area contributed by atoms with E-state index in [2.05, 4.69) is 27.3 Å². The number of aromatic nitrogens is 5. The van der Waals surface area contributed by atoms with Crippen LogP contribution in [0.1, 0.15) is 36.6 Å². The highest BCUT2D eigenvalue weighted by molar-refractivity contribution is 7.13. The molecule has 0 saturated carbocycles. The van der Waals surface area contributed by atoms with Crippen LogP contribution in [0.3, 0.4) is 0 Å². The number of carbonyl (C=O) groups is 1. The summed E-state index contributed by atoms with van der Waals surface area (Å²) in [6.07, 6.45) is 8.88. The monoisotopic (exact) mass is 448 g/mol. The Hall–Kier alpha value is -3.59. The molecule has 0 aliphatic heterocycles. The number of nitrogens with one attached hydrogen (secondary N) is 1. The predicted octanol–water partition coefficient (Wildman–Crippen LogP) is 5.19. The molecule has 0 aliphatic carbocycles. The van der Waals surface area contributed by atoms with Gasteiger partial charge in [0, 0.05) is 18.6 Å². The number of nitrogens with zero attached hydrogens (tertiary/aromatic N) is 5. The van der Waals surface area contributed by atoms with Crippen molar-refractivity contribution in [3.8, 4) is 16.5 Å². The summed E-state index contributed by atoms with van der Waals surface area (Å²) < 4.78 is 7.04. The van der Waals surface area contributed by atoms with Crippen LogP contribution in [0.25, 0.3) is 16.5 Å². The van der Waals surface area contributed by atoms with Gasteiger partial charge in [-0.15, -0.1) is 11.3 Å². The first-order valence-corrected chi connectivity index (χ1v) is 11.3. The number of thiophene rings is 1. The molecule has 0 aliphatic rings. The predicted molar refractivity (Wildman–Crippen MR) is 124 cm³/mol. The highest BCUT2D eigenvalue weighted by Crippen LogP contribution is 2.27. The van der Waals surface area contributed by atoms with Gasteiger partial charge in [0.05, 0.1) is 28.1 Å². The number of carbonyl (C=O) groups excluding carboxylic acids is 1. The molecule has 8 nitrogen and oxygen atoms in total. The molecule has 4 heterocycles. The van der Waals surface area contributed by atoms with Gasteiger partial charge in [0.25, 0.3) is 5.95 Å². The zero-order valence-corrected chi connectivity index (χ0v) is 18.8. The van der Waals surface area contributed by atoms with Gasteiger partial charge in [-0.2, -0.15) is 5.10 Å². The van der Waals surface area contributed by atoms with Gasteiger partial charge in [-0.3, -0.25) is 10.3 Å². The number of unbranched alkanes of at least 4 members (excludes halogenated alkanes) is 1. The second kappa shape index (κ2) is 10.1. The normalized spacial score (nSPS) is 10.8. The molecule has 0 atom stereocenters. The van der Waals surface area contributed by atoms with E-state index < -0.39 is 6.09 Å². The molecule has 4 aromatic heterocycles. The SMILES string of the molecule is CCCCc1c(NC(=O)OCc2ccncc2)cnn1-c1ncc(C)c(-c2cccs2)n1. The Kier molecular flexibility index (Phi) is 6.86. The second-order valence-corrected chi connectivity index (χ2v) is 8.20. The fraction of sp³-hybridized carbons (Fsp3) is 0.261. The maximum absolute atomic E-state index is 12.4. The van der Waals surface area contributed by atoms with Crippen molar-refractivity contribution >= 4 is 23.1 Å². The number of anilines is 1. The number of aryl methyl sites for hydroxylation is 1. The summed E-state index contributed by atoms with van der Waals surface area (Å²) in [6.45, 7) is 4.28. The van der Waals surface area contributed by atoms with Gasteiger partial charge in [-0.05, 0) is 54.5 Å². The van der Waals surface area contributed by atoms with E-state index in [1.54, 1.807) is 52.9 Å². The molecule has 164 valence electrons. The van der Waals surface area contributed by atoms with Gasteiger partial charge in [0.1, 0.15) is 6.61 Å². The summed E-state index contributed by atoms with van der Waals surface area (Å²) in [5.41, 5.74) is 4.18. The van der Waals surface area contributed by atoms with Crippen LogP contribution >= 0.6 is 11.3 Å². The van der Waals surface area contributed by atoms with Gasteiger partial charge < -0.3 is 4.74 Å². The smallest absolute Gasteiger partial charge is 0.412 e. The van der Waals surface area contributed by atoms with Crippen LogP contribution in [-0.2, 0) is 17.8 Å². The number of rotatable bonds is 8. The summed E-state index contributed by atoms with van der Waals surface area (Å²) in [7, 11) is 0. The van der Waals surface area contributed by atoms with E-state index in [1.165, 1.54) is 0 Å². The van der Waals surface area contributed by atoms with Crippen molar-refractivity contribution < 1.29 is 9.53 Å². The third-order valence-corrected chi connectivity index (χ3v) is 5.77. The van der Waals surface area contributed by atoms with Crippen molar-refractivity contribution in [1.29, 1.82) is 0 Å². The number of hydrogen-bond acceptors (Lipinski definition) is 7. The molecule has 4 rings (SSSR count). The molecular formula is C23H24N6O2S. The topological polar surface area (TPSA) is 94.8 Å². The lowest BCUT2D eigenvalue weighted by molar-refractivity contribution is 0.155. The maximum Gasteiger partial charge on any atom is 0.412 e. The Bertz CT molecular complexity index is 1170.